The SMILES string of the molecule is Cn1nc(N2CCC(=O)NC2=O)c2ccc(C3CCN(CC(=O)N4C[C@H]5C[C@H]4CN5c4ccc(-c5cc(F)c6c(c5)C(=O)N(C(C(=O)Nc5nccs5)c5ncn7c5CCC7)C6)cc4)CC3)cc21. The van der Waals surface area contributed by atoms with E-state index >= 15 is 4.39 Å². The lowest BCUT2D eigenvalue weighted by atomic mass is 9.89. The van der Waals surface area contributed by atoms with E-state index < -0.39 is 29.7 Å². The summed E-state index contributed by atoms with van der Waals surface area (Å²) in [5.74, 6) is -0.563. The van der Waals surface area contributed by atoms with Crippen molar-refractivity contribution in [2.45, 2.75) is 75.7 Å². The summed E-state index contributed by atoms with van der Waals surface area (Å²) in [6, 6.07) is 16.3. The molecule has 0 saturated carbocycles. The molecule has 6 aliphatic heterocycles. The molecular weight excluding hydrogens is 888 g/mol. The molecule has 1 unspecified atom stereocenters. The number of imidazole rings is 1. The minimum atomic E-state index is -1.05. The van der Waals surface area contributed by atoms with Crippen molar-refractivity contribution in [3.05, 3.63) is 106 Å². The van der Waals surface area contributed by atoms with Crippen LogP contribution < -0.4 is 20.4 Å². The third-order valence-corrected chi connectivity index (χ3v) is 15.7. The van der Waals surface area contributed by atoms with Crippen molar-refractivity contribution < 1.29 is 28.4 Å². The summed E-state index contributed by atoms with van der Waals surface area (Å²) in [7, 11) is 1.87. The molecule has 6 aromatic rings. The first-order valence-corrected chi connectivity index (χ1v) is 24.3. The molecule has 3 atom stereocenters. The van der Waals surface area contributed by atoms with Gasteiger partial charge in [0.25, 0.3) is 11.8 Å². The van der Waals surface area contributed by atoms with Gasteiger partial charge in [0, 0.05) is 85.2 Å². The van der Waals surface area contributed by atoms with Crippen LogP contribution in [0.25, 0.3) is 22.0 Å². The fourth-order valence-corrected chi connectivity index (χ4v) is 12.0. The van der Waals surface area contributed by atoms with Gasteiger partial charge in [-0.2, -0.15) is 5.10 Å². The second-order valence-electron chi connectivity index (χ2n) is 18.8. The number of urea groups is 1. The number of likely N-dealkylation sites (tertiary alicyclic amines) is 2. The number of amides is 6. The molecule has 6 aliphatic rings. The molecule has 68 heavy (non-hydrogen) atoms. The molecular formula is C49H49FN12O5S. The molecule has 3 aromatic heterocycles. The first-order chi connectivity index (χ1) is 33.0. The summed E-state index contributed by atoms with van der Waals surface area (Å²) in [6.07, 6.45) is 7.98. The molecule has 9 heterocycles. The smallest absolute Gasteiger partial charge is 0.329 e. The topological polar surface area (TPSA) is 174 Å². The second-order valence-corrected chi connectivity index (χ2v) is 19.7. The van der Waals surface area contributed by atoms with Crippen molar-refractivity contribution in [1.82, 2.24) is 44.3 Å². The van der Waals surface area contributed by atoms with Crippen molar-refractivity contribution in [3.63, 3.8) is 0 Å². The summed E-state index contributed by atoms with van der Waals surface area (Å²) < 4.78 is 19.8. The Bertz CT molecular complexity index is 3040. The van der Waals surface area contributed by atoms with E-state index in [0.29, 0.717) is 47.8 Å². The van der Waals surface area contributed by atoms with Gasteiger partial charge in [0.1, 0.15) is 5.82 Å². The number of hydrogen-bond acceptors (Lipinski definition) is 11. The first kappa shape index (κ1) is 42.4. The lowest BCUT2D eigenvalue weighted by molar-refractivity contribution is -0.133. The molecule has 2 bridgehead atoms. The summed E-state index contributed by atoms with van der Waals surface area (Å²) in [5, 5.41) is 12.9. The van der Waals surface area contributed by atoms with Crippen LogP contribution >= 0.6 is 11.3 Å². The number of imide groups is 1. The number of nitrogens with one attached hydrogen (secondary N) is 2. The van der Waals surface area contributed by atoms with E-state index in [4.69, 9.17) is 0 Å². The average molecular weight is 937 g/mol. The van der Waals surface area contributed by atoms with E-state index in [-0.39, 0.29) is 48.0 Å². The number of fused-ring (bicyclic) bond motifs is 5. The van der Waals surface area contributed by atoms with Gasteiger partial charge in [0.05, 0.1) is 36.7 Å². The van der Waals surface area contributed by atoms with Crippen LogP contribution in [0.3, 0.4) is 0 Å². The van der Waals surface area contributed by atoms with E-state index in [1.807, 2.05) is 41.9 Å². The average Bonchev–Trinajstić information content (AvgIpc) is 4.22. The number of piperazine rings is 1. The standard InChI is InChI=1S/C49H49FN12O5S/c1-56-40-21-30(6-9-35(40)45(55-56)59-17-12-41(63)53-49(59)67)29-10-15-57(16-11-29)26-42(64)61-24-33-22-34(61)23-60(33)32-7-4-28(5-8-32)31-19-36-37(38(50)20-31)25-62(47(36)66)44(46(65)54-48-51-13-18-68-48)43-39-3-2-14-58(39)27-52-43/h4-9,13,18-21,27,29,33-34,44H,2-3,10-12,14-17,22-26H2,1H3,(H,51,54,65)(H,53,63,67)/t33-,34+,44?/m1/s1. The Labute approximate surface area is 394 Å². The van der Waals surface area contributed by atoms with Gasteiger partial charge in [-0.3, -0.25) is 44.3 Å². The van der Waals surface area contributed by atoms with Crippen LogP contribution in [0.4, 0.5) is 25.8 Å². The van der Waals surface area contributed by atoms with Crippen molar-refractivity contribution in [1.29, 1.82) is 0 Å². The normalized spacial score (nSPS) is 21.0. The summed E-state index contributed by atoms with van der Waals surface area (Å²) in [5.41, 5.74) is 6.46. The molecule has 3 aromatic carbocycles. The van der Waals surface area contributed by atoms with Crippen molar-refractivity contribution in [2.24, 2.45) is 7.05 Å². The van der Waals surface area contributed by atoms with Crippen LogP contribution in [-0.2, 0) is 40.9 Å². The second kappa shape index (κ2) is 16.7. The first-order valence-electron chi connectivity index (χ1n) is 23.4. The third-order valence-electron chi connectivity index (χ3n) is 15.0. The lowest BCUT2D eigenvalue weighted by Crippen LogP contribution is -2.52. The number of anilines is 3. The van der Waals surface area contributed by atoms with E-state index in [1.165, 1.54) is 32.8 Å². The quantitative estimate of drug-likeness (QED) is 0.180. The number of aromatic nitrogens is 5. The summed E-state index contributed by atoms with van der Waals surface area (Å²) in [6.45, 7) is 4.50. The molecule has 4 fully saturated rings. The van der Waals surface area contributed by atoms with Crippen LogP contribution in [0.2, 0.25) is 0 Å². The molecule has 0 aliphatic carbocycles. The Morgan fingerprint density at radius 3 is 2.54 bits per heavy atom. The number of piperidine rings is 1. The molecule has 12 rings (SSSR count). The number of carbonyl (C=O) groups excluding carboxylic acids is 5. The fraction of sp³-hybridized carbons (Fsp3) is 0.388. The zero-order valence-electron chi connectivity index (χ0n) is 37.4. The van der Waals surface area contributed by atoms with Crippen molar-refractivity contribution in [3.8, 4) is 11.1 Å². The predicted molar refractivity (Wildman–Crippen MR) is 252 cm³/mol. The highest BCUT2D eigenvalue weighted by Gasteiger charge is 2.46. The Morgan fingerprint density at radius 1 is 0.941 bits per heavy atom. The van der Waals surface area contributed by atoms with Crippen molar-refractivity contribution >= 4 is 68.5 Å². The molecule has 17 nitrogen and oxygen atoms in total. The zero-order chi connectivity index (χ0) is 46.4. The molecule has 0 radical (unpaired) electrons. The highest BCUT2D eigenvalue weighted by molar-refractivity contribution is 7.13. The Balaban J connectivity index is 0.667. The number of nitrogens with zero attached hydrogens (tertiary/aromatic N) is 10. The number of hydrogen-bond donors (Lipinski definition) is 2. The zero-order valence-corrected chi connectivity index (χ0v) is 38.3. The number of thiazole rings is 1. The number of carbonyl (C=O) groups is 5. The maximum atomic E-state index is 16.0. The van der Waals surface area contributed by atoms with Gasteiger partial charge < -0.3 is 19.3 Å². The van der Waals surface area contributed by atoms with Gasteiger partial charge in [-0.05, 0) is 104 Å². The highest BCUT2D eigenvalue weighted by Crippen LogP contribution is 2.40. The summed E-state index contributed by atoms with van der Waals surface area (Å²) in [4.78, 5) is 84.6. The largest absolute Gasteiger partial charge is 0.365 e. The van der Waals surface area contributed by atoms with Gasteiger partial charge in [-0.1, -0.05) is 18.2 Å². The van der Waals surface area contributed by atoms with E-state index in [1.54, 1.807) is 28.7 Å². The van der Waals surface area contributed by atoms with Crippen LogP contribution in [-0.4, -0.2) is 120 Å². The van der Waals surface area contributed by atoms with Gasteiger partial charge in [-0.15, -0.1) is 11.3 Å². The highest BCUT2D eigenvalue weighted by atomic mass is 32.1. The van der Waals surface area contributed by atoms with Crippen LogP contribution in [0, 0.1) is 5.82 Å². The maximum absolute atomic E-state index is 16.0. The number of benzene rings is 3. The monoisotopic (exact) mass is 936 g/mol. The maximum Gasteiger partial charge on any atom is 0.329 e. The van der Waals surface area contributed by atoms with Crippen LogP contribution in [0.1, 0.15) is 76.9 Å². The summed E-state index contributed by atoms with van der Waals surface area (Å²) >= 11 is 1.28. The molecule has 348 valence electrons. The number of halogens is 1. The van der Waals surface area contributed by atoms with Crippen LogP contribution in [0.15, 0.2) is 72.5 Å². The van der Waals surface area contributed by atoms with E-state index in [2.05, 4.69) is 52.5 Å². The minimum absolute atomic E-state index is 0.0565. The van der Waals surface area contributed by atoms with Gasteiger partial charge in [0.15, 0.2) is 17.0 Å². The number of rotatable bonds is 10. The predicted octanol–water partition coefficient (Wildman–Crippen LogP) is 5.43. The van der Waals surface area contributed by atoms with Gasteiger partial charge in [-0.25, -0.2) is 19.2 Å². The molecule has 19 heteroatoms. The fourth-order valence-electron chi connectivity index (χ4n) is 11.5. The lowest BCUT2D eigenvalue weighted by Gasteiger charge is -2.37. The van der Waals surface area contributed by atoms with Crippen molar-refractivity contribution in [2.75, 3.05) is 54.4 Å². The van der Waals surface area contributed by atoms with Crippen LogP contribution in [0.5, 0.6) is 0 Å². The molecule has 4 saturated heterocycles. The Kier molecular flexibility index (Phi) is 10.4. The Morgan fingerprint density at radius 2 is 1.78 bits per heavy atom. The number of aryl methyl sites for hydroxylation is 2. The van der Waals surface area contributed by atoms with E-state index in [0.717, 1.165) is 86.1 Å². The van der Waals surface area contributed by atoms with Gasteiger partial charge in [0.2, 0.25) is 11.8 Å². The molecule has 2 N–H and O–H groups in total. The third kappa shape index (κ3) is 7.29. The Hall–Kier alpha value is -6.99. The van der Waals surface area contributed by atoms with Gasteiger partial charge >= 0.3 is 6.03 Å². The molecule has 0 spiro atoms. The molecule has 6 amide bonds. The van der Waals surface area contributed by atoms with E-state index in [9.17, 15) is 24.0 Å². The minimum Gasteiger partial charge on any atom is -0.365 e.